The van der Waals surface area contributed by atoms with E-state index in [0.29, 0.717) is 16.5 Å². The topological polar surface area (TPSA) is 121 Å². The minimum atomic E-state index is -0.608. The third-order valence-electron chi connectivity index (χ3n) is 8.31. The molecule has 7 nitrogen and oxygen atoms in total. The summed E-state index contributed by atoms with van der Waals surface area (Å²) in [6.45, 7) is 0. The van der Waals surface area contributed by atoms with Gasteiger partial charge in [-0.05, 0) is 34.7 Å². The molecule has 8 aromatic rings. The van der Waals surface area contributed by atoms with Gasteiger partial charge in [0, 0.05) is 38.0 Å². The van der Waals surface area contributed by atoms with Gasteiger partial charge >= 0.3 is 0 Å². The summed E-state index contributed by atoms with van der Waals surface area (Å²) in [6.07, 6.45) is 0. The number of rotatable bonds is 1. The second-order valence-corrected chi connectivity index (χ2v) is 10.3. The Balaban J connectivity index is 1.65. The lowest BCUT2D eigenvalue weighted by Crippen LogP contribution is -2.32. The highest BCUT2D eigenvalue weighted by atomic mass is 16.3. The molecule has 11 heteroatoms. The maximum Gasteiger partial charge on any atom is 0.167 e. The van der Waals surface area contributed by atoms with Gasteiger partial charge in [0.15, 0.2) is 11.5 Å². The molecule has 0 spiro atoms. The normalized spacial score (nSPS) is 12.3. The van der Waals surface area contributed by atoms with E-state index < -0.39 is 17.2 Å². The van der Waals surface area contributed by atoms with Crippen LogP contribution in [0.25, 0.3) is 71.0 Å². The highest BCUT2D eigenvalue weighted by Gasteiger charge is 2.27. The van der Waals surface area contributed by atoms with Crippen LogP contribution < -0.4 is 21.9 Å². The first kappa shape index (κ1) is 23.8. The highest BCUT2D eigenvalue weighted by Crippen LogP contribution is 2.49. The lowest BCUT2D eigenvalue weighted by molar-refractivity contribution is 0.407. The first-order chi connectivity index (χ1) is 19.6. The van der Waals surface area contributed by atoms with Crippen molar-refractivity contribution >= 4 is 113 Å². The maximum atomic E-state index is 11.1. The lowest BCUT2D eigenvalue weighted by Gasteiger charge is -2.18. The first-order valence-corrected chi connectivity index (χ1v) is 12.6. The number of phenolic OH excluding ortho intramolecular Hbond substituents is 5. The molecule has 0 atom stereocenters. The molecule has 0 bridgehead atoms. The zero-order valence-corrected chi connectivity index (χ0v) is 21.1. The van der Waals surface area contributed by atoms with E-state index in [0.717, 1.165) is 38.1 Å². The van der Waals surface area contributed by atoms with Gasteiger partial charge in [-0.25, -0.2) is 0 Å². The van der Waals surface area contributed by atoms with Gasteiger partial charge in [0.05, 0.1) is 27.5 Å². The number of hydrogen-bond acceptors (Lipinski definition) is 5. The van der Waals surface area contributed by atoms with Crippen molar-refractivity contribution < 1.29 is 25.5 Å². The van der Waals surface area contributed by atoms with Crippen LogP contribution in [0.15, 0.2) is 48.5 Å². The number of aromatic nitrogens is 2. The number of H-pyrrole nitrogens is 1. The molecule has 0 saturated carbocycles. The summed E-state index contributed by atoms with van der Waals surface area (Å²) in [6, 6.07) is 15.1. The molecule has 186 valence electrons. The number of aromatic amines is 1. The van der Waals surface area contributed by atoms with Gasteiger partial charge in [0.2, 0.25) is 0 Å². The fourth-order valence-corrected chi connectivity index (χ4v) is 6.45. The van der Waals surface area contributed by atoms with Crippen LogP contribution in [-0.2, 0) is 0 Å². The summed E-state index contributed by atoms with van der Waals surface area (Å²) in [5.41, 5.74) is 3.12. The van der Waals surface area contributed by atoms with Gasteiger partial charge < -0.3 is 34.9 Å². The summed E-state index contributed by atoms with van der Waals surface area (Å²) < 4.78 is 2.07. The van der Waals surface area contributed by atoms with Crippen molar-refractivity contribution in [2.45, 2.75) is 0 Å². The van der Waals surface area contributed by atoms with E-state index in [1.807, 2.05) is 42.5 Å². The Morgan fingerprint density at radius 2 is 1.27 bits per heavy atom. The van der Waals surface area contributed by atoms with Crippen molar-refractivity contribution in [1.82, 2.24) is 9.38 Å². The quantitative estimate of drug-likeness (QED) is 0.111. The van der Waals surface area contributed by atoms with Gasteiger partial charge in [-0.1, -0.05) is 41.3 Å². The predicted molar refractivity (Wildman–Crippen MR) is 166 cm³/mol. The Labute approximate surface area is 236 Å². The number of nitrogens with zero attached hydrogens (tertiary/aromatic N) is 1. The fraction of sp³-hybridized carbons (Fsp3) is 0. The summed E-state index contributed by atoms with van der Waals surface area (Å²) in [7, 11) is 24.1. The highest BCUT2D eigenvalue weighted by molar-refractivity contribution is 6.55. The van der Waals surface area contributed by atoms with Gasteiger partial charge in [0.25, 0.3) is 0 Å². The van der Waals surface area contributed by atoms with Crippen LogP contribution >= 0.6 is 0 Å². The van der Waals surface area contributed by atoms with E-state index in [1.54, 1.807) is 6.07 Å². The molecule has 0 amide bonds. The molecule has 8 rings (SSSR count). The third-order valence-corrected chi connectivity index (χ3v) is 8.31. The molecule has 0 aliphatic carbocycles. The van der Waals surface area contributed by atoms with Gasteiger partial charge in [0.1, 0.15) is 48.6 Å². The van der Waals surface area contributed by atoms with Crippen LogP contribution in [0.3, 0.4) is 0 Å². The standard InChI is InChI=1S/C30H14B4N2O5/c31-20-17(26(37)21(32)22(33)28(20)39)10-5-6-11-16-14(36-13-4-2-1-3-9(13)15(10)25(11)36)8-7-12-18(16)19-24(35-12)29(40)23(34)30(41)27(19)38/h1-8,35,37-41H. The van der Waals surface area contributed by atoms with E-state index in [1.165, 1.54) is 0 Å². The van der Waals surface area contributed by atoms with Crippen molar-refractivity contribution in [3.8, 4) is 39.9 Å². The largest absolute Gasteiger partial charge is 0.509 e. The predicted octanol–water partition coefficient (Wildman–Crippen LogP) is 1.84. The molecular formula is C30H14B4N2O5. The van der Waals surface area contributed by atoms with Crippen molar-refractivity contribution in [2.24, 2.45) is 0 Å². The molecule has 0 saturated heterocycles. The Morgan fingerprint density at radius 1 is 0.537 bits per heavy atom. The van der Waals surface area contributed by atoms with Crippen molar-refractivity contribution in [1.29, 1.82) is 0 Å². The Morgan fingerprint density at radius 3 is 2.05 bits per heavy atom. The van der Waals surface area contributed by atoms with Crippen molar-refractivity contribution in [2.75, 3.05) is 0 Å². The minimum Gasteiger partial charge on any atom is -0.509 e. The molecule has 8 radical (unpaired) electrons. The summed E-state index contributed by atoms with van der Waals surface area (Å²) in [4.78, 5) is 3.13. The smallest absolute Gasteiger partial charge is 0.167 e. The van der Waals surface area contributed by atoms with Gasteiger partial charge in [-0.3, -0.25) is 0 Å². The third kappa shape index (κ3) is 2.64. The van der Waals surface area contributed by atoms with Crippen LogP contribution in [0.2, 0.25) is 0 Å². The number of benzene rings is 5. The molecule has 41 heavy (non-hydrogen) atoms. The lowest BCUT2D eigenvalue weighted by atomic mass is 9.71. The van der Waals surface area contributed by atoms with Gasteiger partial charge in [-0.15, -0.1) is 0 Å². The second kappa shape index (κ2) is 7.57. The van der Waals surface area contributed by atoms with Crippen LogP contribution in [0.1, 0.15) is 0 Å². The van der Waals surface area contributed by atoms with E-state index in [2.05, 4.69) is 9.38 Å². The monoisotopic (exact) mass is 526 g/mol. The summed E-state index contributed by atoms with van der Waals surface area (Å²) in [5, 5.41) is 57.8. The van der Waals surface area contributed by atoms with Crippen molar-refractivity contribution in [3.05, 3.63) is 48.5 Å². The molecule has 3 heterocycles. The first-order valence-electron chi connectivity index (χ1n) is 12.6. The SMILES string of the molecule is [B]c1c([B])c(O)c(-c2ccc3c4c5c(ccc4n4c6ccccc6c2c34)[nH]c2c(O)c([B])c(O)c(O)c25)c([B])c1O. The van der Waals surface area contributed by atoms with E-state index in [-0.39, 0.29) is 49.8 Å². The molecule has 0 aliphatic rings. The number of fused-ring (bicyclic) bond motifs is 10. The summed E-state index contributed by atoms with van der Waals surface area (Å²) in [5.74, 6) is -2.17. The van der Waals surface area contributed by atoms with Crippen LogP contribution in [0.5, 0.6) is 28.7 Å². The van der Waals surface area contributed by atoms with Crippen LogP contribution in [0, 0.1) is 0 Å². The molecular weight excluding hydrogens is 512 g/mol. The molecule has 3 aromatic heterocycles. The minimum absolute atomic E-state index is 0.107. The Kier molecular flexibility index (Phi) is 4.40. The van der Waals surface area contributed by atoms with Crippen LogP contribution in [0.4, 0.5) is 0 Å². The Bertz CT molecular complexity index is 2450. The van der Waals surface area contributed by atoms with Gasteiger partial charge in [-0.2, -0.15) is 0 Å². The maximum absolute atomic E-state index is 11.1. The second-order valence-electron chi connectivity index (χ2n) is 10.3. The molecule has 6 N–H and O–H groups in total. The average Bonchev–Trinajstić information content (AvgIpc) is 3.64. The van der Waals surface area contributed by atoms with E-state index >= 15 is 0 Å². The zero-order valence-electron chi connectivity index (χ0n) is 21.1. The number of phenols is 5. The zero-order chi connectivity index (χ0) is 28.6. The van der Waals surface area contributed by atoms with E-state index in [4.69, 9.17) is 31.4 Å². The summed E-state index contributed by atoms with van der Waals surface area (Å²) >= 11 is 0. The average molecular weight is 526 g/mol. The molecule has 0 aliphatic heterocycles. The van der Waals surface area contributed by atoms with E-state index in [9.17, 15) is 25.5 Å². The fourth-order valence-electron chi connectivity index (χ4n) is 6.45. The molecule has 0 fully saturated rings. The number of nitrogens with one attached hydrogen (secondary N) is 1. The number of aromatic hydroxyl groups is 5. The van der Waals surface area contributed by atoms with Crippen LogP contribution in [-0.4, -0.2) is 66.3 Å². The molecule has 5 aromatic carbocycles. The number of para-hydroxylation sites is 1. The molecule has 0 unspecified atom stereocenters. The Hall–Kier alpha value is -5.04. The number of hydrogen-bond donors (Lipinski definition) is 6. The van der Waals surface area contributed by atoms with Crippen molar-refractivity contribution in [3.63, 3.8) is 0 Å².